The van der Waals surface area contributed by atoms with E-state index in [1.54, 1.807) is 11.9 Å². The molecule has 0 bridgehead atoms. The second kappa shape index (κ2) is 6.08. The van der Waals surface area contributed by atoms with Crippen LogP contribution in [0.4, 0.5) is 0 Å². The second-order valence-corrected chi connectivity index (χ2v) is 4.73. The molecule has 4 heteroatoms. The largest absolute Gasteiger partial charge is 0.377 e. The smallest absolute Gasteiger partial charge is 0.229 e. The summed E-state index contributed by atoms with van der Waals surface area (Å²) in [4.78, 5) is 13.5. The Hall–Kier alpha value is -0.610. The quantitative estimate of drug-likeness (QED) is 0.716. The van der Waals surface area contributed by atoms with Crippen molar-refractivity contribution in [1.82, 2.24) is 4.90 Å². The number of rotatable bonds is 6. The Bertz CT molecular complexity index is 203. The van der Waals surface area contributed by atoms with Gasteiger partial charge in [-0.25, -0.2) is 0 Å². The van der Waals surface area contributed by atoms with E-state index in [2.05, 4.69) is 0 Å². The van der Waals surface area contributed by atoms with Crippen LogP contribution in [0.5, 0.6) is 0 Å². The van der Waals surface area contributed by atoms with Crippen LogP contribution in [0.15, 0.2) is 0 Å². The molecule has 4 nitrogen and oxygen atoms in total. The van der Waals surface area contributed by atoms with Gasteiger partial charge >= 0.3 is 0 Å². The van der Waals surface area contributed by atoms with Crippen LogP contribution in [0.2, 0.25) is 0 Å². The third-order valence-corrected chi connectivity index (χ3v) is 2.31. The number of nitrogens with two attached hydrogens (primary N) is 1. The van der Waals surface area contributed by atoms with E-state index < -0.39 is 5.41 Å². The number of hydrogen-bond acceptors (Lipinski definition) is 3. The van der Waals surface area contributed by atoms with Gasteiger partial charge in [0.1, 0.15) is 0 Å². The predicted molar refractivity (Wildman–Crippen MR) is 61.6 cm³/mol. The molecule has 2 N–H and O–H groups in total. The first-order valence-corrected chi connectivity index (χ1v) is 5.38. The zero-order chi connectivity index (χ0) is 12.1. The first kappa shape index (κ1) is 14.4. The highest BCUT2D eigenvalue weighted by molar-refractivity contribution is 5.81. The molecule has 0 aliphatic heterocycles. The number of likely N-dealkylation sites (N-methyl/N-ethyl adjacent to an activating group) is 1. The van der Waals surface area contributed by atoms with Crippen LogP contribution in [-0.4, -0.2) is 43.7 Å². The number of hydrogen-bond donors (Lipinski definition) is 1. The Morgan fingerprint density at radius 2 is 2.00 bits per heavy atom. The highest BCUT2D eigenvalue weighted by Gasteiger charge is 2.28. The molecule has 0 atom stereocenters. The van der Waals surface area contributed by atoms with E-state index in [1.165, 1.54) is 0 Å². The van der Waals surface area contributed by atoms with Gasteiger partial charge in [0.05, 0.1) is 18.1 Å². The number of amides is 1. The summed E-state index contributed by atoms with van der Waals surface area (Å²) in [6, 6.07) is 0. The molecular weight excluding hydrogens is 192 g/mol. The van der Waals surface area contributed by atoms with Crippen molar-refractivity contribution in [2.24, 2.45) is 11.1 Å². The van der Waals surface area contributed by atoms with Gasteiger partial charge in [-0.05, 0) is 27.7 Å². The minimum absolute atomic E-state index is 0.0670. The highest BCUT2D eigenvalue weighted by Crippen LogP contribution is 2.15. The summed E-state index contributed by atoms with van der Waals surface area (Å²) in [6.45, 7) is 9.21. The standard InChI is InChI=1S/C11H24N2O2/c1-9(2)15-7-6-13(5)10(14)11(3,4)8-12/h9H,6-8,12H2,1-5H3. The molecule has 0 aromatic carbocycles. The molecule has 0 radical (unpaired) electrons. The zero-order valence-corrected chi connectivity index (χ0v) is 10.5. The minimum Gasteiger partial charge on any atom is -0.377 e. The summed E-state index contributed by atoms with van der Waals surface area (Å²) in [5.41, 5.74) is 5.06. The molecule has 0 saturated heterocycles. The molecule has 0 rings (SSSR count). The SMILES string of the molecule is CC(C)OCCN(C)C(=O)C(C)(C)CN. The van der Waals surface area contributed by atoms with Gasteiger partial charge in [0.25, 0.3) is 0 Å². The first-order chi connectivity index (χ1) is 6.81. The molecule has 0 unspecified atom stereocenters. The lowest BCUT2D eigenvalue weighted by Gasteiger charge is -2.28. The van der Waals surface area contributed by atoms with E-state index in [9.17, 15) is 4.79 Å². The molecule has 0 aliphatic rings. The van der Waals surface area contributed by atoms with Crippen LogP contribution in [-0.2, 0) is 9.53 Å². The van der Waals surface area contributed by atoms with Crippen LogP contribution >= 0.6 is 0 Å². The van der Waals surface area contributed by atoms with E-state index >= 15 is 0 Å². The van der Waals surface area contributed by atoms with Crippen molar-refractivity contribution in [3.63, 3.8) is 0 Å². The van der Waals surface area contributed by atoms with Crippen molar-refractivity contribution in [2.75, 3.05) is 26.7 Å². The van der Waals surface area contributed by atoms with Gasteiger partial charge in [-0.2, -0.15) is 0 Å². The van der Waals surface area contributed by atoms with E-state index in [4.69, 9.17) is 10.5 Å². The Morgan fingerprint density at radius 1 is 1.47 bits per heavy atom. The predicted octanol–water partition coefficient (Wildman–Crippen LogP) is 0.855. The molecule has 0 spiro atoms. The van der Waals surface area contributed by atoms with Gasteiger partial charge in [-0.1, -0.05) is 0 Å². The molecule has 90 valence electrons. The summed E-state index contributed by atoms with van der Waals surface area (Å²) in [6.07, 6.45) is 0.205. The highest BCUT2D eigenvalue weighted by atomic mass is 16.5. The summed E-state index contributed by atoms with van der Waals surface area (Å²) < 4.78 is 5.38. The molecule has 0 fully saturated rings. The lowest BCUT2D eigenvalue weighted by molar-refractivity contribution is -0.139. The fraction of sp³-hybridized carbons (Fsp3) is 0.909. The van der Waals surface area contributed by atoms with Crippen LogP contribution < -0.4 is 5.73 Å². The average molecular weight is 216 g/mol. The molecule has 0 aromatic heterocycles. The number of nitrogens with zero attached hydrogens (tertiary/aromatic N) is 1. The maximum absolute atomic E-state index is 11.9. The van der Waals surface area contributed by atoms with Gasteiger partial charge in [0, 0.05) is 20.1 Å². The number of carbonyl (C=O) groups is 1. The Kier molecular flexibility index (Phi) is 5.83. The minimum atomic E-state index is -0.480. The van der Waals surface area contributed by atoms with Crippen molar-refractivity contribution < 1.29 is 9.53 Å². The molecule has 0 aromatic rings. The Morgan fingerprint density at radius 3 is 2.40 bits per heavy atom. The summed E-state index contributed by atoms with van der Waals surface area (Å²) in [5, 5.41) is 0. The Labute approximate surface area is 92.8 Å². The van der Waals surface area contributed by atoms with Crippen LogP contribution in [0.25, 0.3) is 0 Å². The summed E-state index contributed by atoms with van der Waals surface area (Å²) in [7, 11) is 1.78. The fourth-order valence-electron chi connectivity index (χ4n) is 1.13. The van der Waals surface area contributed by atoms with Crippen LogP contribution in [0, 0.1) is 5.41 Å². The number of ether oxygens (including phenoxy) is 1. The fourth-order valence-corrected chi connectivity index (χ4v) is 1.13. The van der Waals surface area contributed by atoms with Gasteiger partial charge in [0.2, 0.25) is 5.91 Å². The molecular formula is C11H24N2O2. The van der Waals surface area contributed by atoms with Crippen LogP contribution in [0.1, 0.15) is 27.7 Å². The zero-order valence-electron chi connectivity index (χ0n) is 10.5. The lowest BCUT2D eigenvalue weighted by Crippen LogP contribution is -2.44. The van der Waals surface area contributed by atoms with Gasteiger partial charge in [-0.15, -0.1) is 0 Å². The summed E-state index contributed by atoms with van der Waals surface area (Å²) in [5.74, 6) is 0.0670. The molecule has 0 heterocycles. The molecule has 15 heavy (non-hydrogen) atoms. The maximum atomic E-state index is 11.9. The third kappa shape index (κ3) is 5.14. The van der Waals surface area contributed by atoms with Crippen molar-refractivity contribution in [3.05, 3.63) is 0 Å². The van der Waals surface area contributed by atoms with Crippen molar-refractivity contribution >= 4 is 5.91 Å². The van der Waals surface area contributed by atoms with E-state index in [-0.39, 0.29) is 12.0 Å². The normalized spacial score (nSPS) is 11.9. The Balaban J connectivity index is 4.00. The summed E-state index contributed by atoms with van der Waals surface area (Å²) >= 11 is 0. The molecule has 0 aliphatic carbocycles. The van der Waals surface area contributed by atoms with Crippen molar-refractivity contribution in [3.8, 4) is 0 Å². The topological polar surface area (TPSA) is 55.6 Å². The molecule has 1 amide bonds. The number of carbonyl (C=O) groups excluding carboxylic acids is 1. The van der Waals surface area contributed by atoms with Gasteiger partial charge in [0.15, 0.2) is 0 Å². The van der Waals surface area contributed by atoms with Crippen molar-refractivity contribution in [2.45, 2.75) is 33.8 Å². The van der Waals surface area contributed by atoms with E-state index in [0.29, 0.717) is 19.7 Å². The first-order valence-electron chi connectivity index (χ1n) is 5.38. The second-order valence-electron chi connectivity index (χ2n) is 4.73. The monoisotopic (exact) mass is 216 g/mol. The van der Waals surface area contributed by atoms with Crippen molar-refractivity contribution in [1.29, 1.82) is 0 Å². The van der Waals surface area contributed by atoms with Gasteiger partial charge in [-0.3, -0.25) is 4.79 Å². The lowest BCUT2D eigenvalue weighted by atomic mass is 9.92. The van der Waals surface area contributed by atoms with E-state index in [1.807, 2.05) is 27.7 Å². The van der Waals surface area contributed by atoms with E-state index in [0.717, 1.165) is 0 Å². The average Bonchev–Trinajstić information content (AvgIpc) is 2.15. The third-order valence-electron chi connectivity index (χ3n) is 2.31. The van der Waals surface area contributed by atoms with Gasteiger partial charge < -0.3 is 15.4 Å². The molecule has 0 saturated carbocycles. The maximum Gasteiger partial charge on any atom is 0.229 e. The van der Waals surface area contributed by atoms with Crippen LogP contribution in [0.3, 0.4) is 0 Å².